The van der Waals surface area contributed by atoms with Gasteiger partial charge < -0.3 is 10.0 Å². The summed E-state index contributed by atoms with van der Waals surface area (Å²) in [4.78, 5) is 22.7. The third-order valence-corrected chi connectivity index (χ3v) is 4.29. The fourth-order valence-electron chi connectivity index (χ4n) is 3.08. The molecule has 1 aliphatic heterocycles. The predicted molar refractivity (Wildman–Crippen MR) is 88.6 cm³/mol. The average Bonchev–Trinajstić information content (AvgIpc) is 2.54. The molecule has 0 spiro atoms. The molecule has 0 saturated carbocycles. The van der Waals surface area contributed by atoms with Gasteiger partial charge in [-0.2, -0.15) is 0 Å². The first-order chi connectivity index (χ1) is 11.0. The van der Waals surface area contributed by atoms with Crippen molar-refractivity contribution in [2.45, 2.75) is 25.7 Å². The molecule has 0 bridgehead atoms. The Morgan fingerprint density at radius 2 is 2.00 bits per heavy atom. The monoisotopic (exact) mass is 311 g/mol. The smallest absolute Gasteiger partial charge is 0.335 e. The molecule has 0 aliphatic carbocycles. The molecule has 120 valence electrons. The van der Waals surface area contributed by atoms with Crippen molar-refractivity contribution < 1.29 is 9.90 Å². The van der Waals surface area contributed by atoms with Gasteiger partial charge in [0.25, 0.3) is 0 Å². The first-order valence-corrected chi connectivity index (χ1v) is 7.91. The second kappa shape index (κ2) is 6.46. The van der Waals surface area contributed by atoms with Crippen molar-refractivity contribution in [1.29, 1.82) is 0 Å². The number of piperidine rings is 1. The van der Waals surface area contributed by atoms with Crippen LogP contribution in [0.3, 0.4) is 0 Å². The van der Waals surface area contributed by atoms with Gasteiger partial charge in [0.15, 0.2) is 0 Å². The number of carboxylic acids is 1. The van der Waals surface area contributed by atoms with Crippen LogP contribution < -0.4 is 0 Å². The lowest BCUT2D eigenvalue weighted by Gasteiger charge is -2.28. The summed E-state index contributed by atoms with van der Waals surface area (Å²) in [6.07, 6.45) is 2.28. The van der Waals surface area contributed by atoms with Crippen molar-refractivity contribution in [1.82, 2.24) is 14.9 Å². The molecule has 2 heterocycles. The zero-order valence-electron chi connectivity index (χ0n) is 13.5. The van der Waals surface area contributed by atoms with Crippen LogP contribution in [0.1, 0.15) is 40.6 Å². The van der Waals surface area contributed by atoms with E-state index in [1.165, 1.54) is 6.42 Å². The van der Waals surface area contributed by atoms with Gasteiger partial charge in [-0.25, -0.2) is 14.8 Å². The van der Waals surface area contributed by atoms with Crippen LogP contribution in [-0.4, -0.2) is 46.1 Å². The summed E-state index contributed by atoms with van der Waals surface area (Å²) in [5.74, 6) is 0.348. The summed E-state index contributed by atoms with van der Waals surface area (Å²) >= 11 is 0. The minimum absolute atomic E-state index is 0.286. The van der Waals surface area contributed by atoms with Crippen LogP contribution in [0.2, 0.25) is 0 Å². The van der Waals surface area contributed by atoms with E-state index in [0.717, 1.165) is 42.3 Å². The normalized spacial score (nSPS) is 18.8. The van der Waals surface area contributed by atoms with Crippen LogP contribution in [-0.2, 0) is 0 Å². The number of hydrogen-bond donors (Lipinski definition) is 1. The number of aromatic carboxylic acids is 1. The molecule has 1 saturated heterocycles. The van der Waals surface area contributed by atoms with E-state index in [4.69, 9.17) is 10.1 Å². The van der Waals surface area contributed by atoms with E-state index < -0.39 is 5.97 Å². The molecular formula is C18H21N3O2. The number of carbonyl (C=O) groups is 1. The van der Waals surface area contributed by atoms with Gasteiger partial charge in [0.1, 0.15) is 5.82 Å². The third-order valence-electron chi connectivity index (χ3n) is 4.29. The summed E-state index contributed by atoms with van der Waals surface area (Å²) in [6.45, 7) is 4.10. The molecule has 0 amide bonds. The topological polar surface area (TPSA) is 66.3 Å². The van der Waals surface area contributed by atoms with Gasteiger partial charge in [-0.05, 0) is 51.6 Å². The molecule has 1 fully saturated rings. The van der Waals surface area contributed by atoms with E-state index in [-0.39, 0.29) is 5.56 Å². The highest BCUT2D eigenvalue weighted by Crippen LogP contribution is 2.26. The SMILES string of the molecule is Cc1cc(-c2ccc(C(=O)O)cc2)nc([C@@H]2CCCN(C)C2)n1. The van der Waals surface area contributed by atoms with Gasteiger partial charge in [-0.15, -0.1) is 0 Å². The van der Waals surface area contributed by atoms with Gasteiger partial charge in [-0.3, -0.25) is 0 Å². The van der Waals surface area contributed by atoms with Crippen molar-refractivity contribution in [3.05, 3.63) is 47.4 Å². The van der Waals surface area contributed by atoms with Crippen molar-refractivity contribution in [2.24, 2.45) is 0 Å². The zero-order chi connectivity index (χ0) is 16.4. The fourth-order valence-corrected chi connectivity index (χ4v) is 3.08. The second-order valence-corrected chi connectivity index (χ2v) is 6.24. The molecule has 5 heteroatoms. The van der Waals surface area contributed by atoms with Crippen LogP contribution in [0.5, 0.6) is 0 Å². The Hall–Kier alpha value is -2.27. The summed E-state index contributed by atoms with van der Waals surface area (Å²) in [5, 5.41) is 9.00. The largest absolute Gasteiger partial charge is 0.478 e. The highest BCUT2D eigenvalue weighted by molar-refractivity contribution is 5.88. The van der Waals surface area contributed by atoms with Gasteiger partial charge in [-0.1, -0.05) is 12.1 Å². The number of likely N-dealkylation sites (N-methyl/N-ethyl adjacent to an activating group) is 1. The molecule has 2 aromatic rings. The average molecular weight is 311 g/mol. The fraction of sp³-hybridized carbons (Fsp3) is 0.389. The lowest BCUT2D eigenvalue weighted by Crippen LogP contribution is -2.31. The van der Waals surface area contributed by atoms with E-state index in [9.17, 15) is 4.79 Å². The molecule has 1 aromatic heterocycles. The number of hydrogen-bond acceptors (Lipinski definition) is 4. The second-order valence-electron chi connectivity index (χ2n) is 6.24. The highest BCUT2D eigenvalue weighted by Gasteiger charge is 2.22. The number of benzene rings is 1. The summed E-state index contributed by atoms with van der Waals surface area (Å²) in [6, 6.07) is 8.79. The molecular weight excluding hydrogens is 290 g/mol. The summed E-state index contributed by atoms with van der Waals surface area (Å²) in [7, 11) is 2.13. The van der Waals surface area contributed by atoms with Crippen LogP contribution in [0.4, 0.5) is 0 Å². The van der Waals surface area contributed by atoms with Crippen molar-refractivity contribution in [2.75, 3.05) is 20.1 Å². The van der Waals surface area contributed by atoms with E-state index >= 15 is 0 Å². The van der Waals surface area contributed by atoms with Crippen LogP contribution in [0.15, 0.2) is 30.3 Å². The van der Waals surface area contributed by atoms with E-state index in [0.29, 0.717) is 5.92 Å². The maximum Gasteiger partial charge on any atom is 0.335 e. The number of aryl methyl sites for hydroxylation is 1. The Bertz CT molecular complexity index is 713. The maximum absolute atomic E-state index is 11.0. The van der Waals surface area contributed by atoms with Crippen molar-refractivity contribution in [3.63, 3.8) is 0 Å². The number of likely N-dealkylation sites (tertiary alicyclic amines) is 1. The highest BCUT2D eigenvalue weighted by atomic mass is 16.4. The molecule has 1 aliphatic rings. The first-order valence-electron chi connectivity index (χ1n) is 7.91. The Kier molecular flexibility index (Phi) is 4.39. The quantitative estimate of drug-likeness (QED) is 0.944. The standard InChI is InChI=1S/C18H21N3O2/c1-12-10-16(13-5-7-14(8-6-13)18(22)23)20-17(19-12)15-4-3-9-21(2)11-15/h5-8,10,15H,3-4,9,11H2,1-2H3,(H,22,23)/t15-/m1/s1. The number of nitrogens with zero attached hydrogens (tertiary/aromatic N) is 3. The van der Waals surface area contributed by atoms with Gasteiger partial charge in [0.2, 0.25) is 0 Å². The van der Waals surface area contributed by atoms with E-state index in [2.05, 4.69) is 16.9 Å². The lowest BCUT2D eigenvalue weighted by atomic mass is 9.97. The summed E-state index contributed by atoms with van der Waals surface area (Å²) in [5.41, 5.74) is 3.01. The van der Waals surface area contributed by atoms with Crippen LogP contribution in [0, 0.1) is 6.92 Å². The Labute approximate surface area is 136 Å². The maximum atomic E-state index is 11.0. The molecule has 3 rings (SSSR count). The predicted octanol–water partition coefficient (Wildman–Crippen LogP) is 2.96. The molecule has 23 heavy (non-hydrogen) atoms. The van der Waals surface area contributed by atoms with Crippen molar-refractivity contribution >= 4 is 5.97 Å². The number of aromatic nitrogens is 2. The van der Waals surface area contributed by atoms with Gasteiger partial charge in [0, 0.05) is 23.7 Å². The Balaban J connectivity index is 1.92. The molecule has 1 N–H and O–H groups in total. The molecule has 1 atom stereocenters. The van der Waals surface area contributed by atoms with Crippen LogP contribution in [0.25, 0.3) is 11.3 Å². The Morgan fingerprint density at radius 3 is 2.65 bits per heavy atom. The lowest BCUT2D eigenvalue weighted by molar-refractivity contribution is 0.0697. The molecule has 5 nitrogen and oxygen atoms in total. The number of rotatable bonds is 3. The van der Waals surface area contributed by atoms with E-state index in [1.807, 2.05) is 25.1 Å². The molecule has 0 unspecified atom stereocenters. The van der Waals surface area contributed by atoms with Crippen LogP contribution >= 0.6 is 0 Å². The summed E-state index contributed by atoms with van der Waals surface area (Å²) < 4.78 is 0. The van der Waals surface area contributed by atoms with Crippen molar-refractivity contribution in [3.8, 4) is 11.3 Å². The molecule has 1 aromatic carbocycles. The van der Waals surface area contributed by atoms with E-state index in [1.54, 1.807) is 12.1 Å². The Morgan fingerprint density at radius 1 is 1.26 bits per heavy atom. The molecule has 0 radical (unpaired) electrons. The van der Waals surface area contributed by atoms with Gasteiger partial charge >= 0.3 is 5.97 Å². The minimum atomic E-state index is -0.915. The third kappa shape index (κ3) is 3.56. The van der Waals surface area contributed by atoms with Gasteiger partial charge in [0.05, 0.1) is 11.3 Å². The first kappa shape index (κ1) is 15.6. The number of carboxylic acid groups (broad SMARTS) is 1. The zero-order valence-corrected chi connectivity index (χ0v) is 13.5. The minimum Gasteiger partial charge on any atom is -0.478 e.